The van der Waals surface area contributed by atoms with Crippen LogP contribution in [0.15, 0.2) is 97.2 Å². The number of Topliss-reactive ketones (excluding diaryl/α,β-unsaturated/α-hetero) is 1. The van der Waals surface area contributed by atoms with Crippen molar-refractivity contribution < 1.29 is 97.2 Å². The monoisotopic (exact) mass is 1040 g/mol. The van der Waals surface area contributed by atoms with Crippen molar-refractivity contribution in [3.63, 3.8) is 0 Å². The molecular formula is C50H20BF20NO. The first-order chi connectivity index (χ1) is 34.5. The van der Waals surface area contributed by atoms with Gasteiger partial charge in [0.25, 0.3) is 0 Å². The molecule has 0 fully saturated rings. The summed E-state index contributed by atoms with van der Waals surface area (Å²) in [7, 11) is 0. The number of pyridine rings is 1. The molecule has 0 saturated carbocycles. The SMILES string of the molecule is Fc1c(F)c(F)c([B-](c2c(F)c(F)c(F)c(F)c2F)(c2c(F)c(F)c(F)c(F)c2F)c2c(F)c(F)c(F)c(F)c2F)c(F)c1F.O=C(C[n+]1ccc2ccccc2c1C1C=Cc2ccccc21)c1ccccc1. The molecule has 1 aromatic heterocycles. The van der Waals surface area contributed by atoms with Gasteiger partial charge in [-0.2, -0.15) is 4.57 Å². The third-order valence-electron chi connectivity index (χ3n) is 12.2. The molecule has 0 radical (unpaired) electrons. The lowest BCUT2D eigenvalue weighted by Crippen LogP contribution is -2.81. The van der Waals surface area contributed by atoms with E-state index in [1.54, 1.807) is 0 Å². The molecule has 1 atom stereocenters. The number of nitrogens with zero attached hydrogens (tertiary/aromatic N) is 1. The molecule has 8 aromatic rings. The molecule has 1 aliphatic carbocycles. The van der Waals surface area contributed by atoms with Gasteiger partial charge in [-0.25, -0.2) is 87.8 Å². The predicted octanol–water partition coefficient (Wildman–Crippen LogP) is 11.0. The second-order valence-electron chi connectivity index (χ2n) is 16.0. The van der Waals surface area contributed by atoms with Crippen LogP contribution in [0.2, 0.25) is 0 Å². The fourth-order valence-electron chi connectivity index (χ4n) is 9.00. The molecule has 0 saturated heterocycles. The largest absolute Gasteiger partial charge is 0.287 e. The fourth-order valence-corrected chi connectivity index (χ4v) is 9.00. The summed E-state index contributed by atoms with van der Waals surface area (Å²) >= 11 is 0. The standard InChI is InChI=1S/C26H20NO.C24BF20/c28-25(21-10-2-1-3-11-21)18-27-17-16-20-9-5-7-13-23(20)26(27)24-15-14-19-8-4-6-12-22(19)24;26-5-1(6(27)14(35)21(42)13(5)34)25(2-7(28)15(36)22(43)16(37)8(2)29,3-9(30)17(38)23(44)18(39)10(3)31)4-11(32)19(40)24(45)20(41)12(4)33/h1-17,24H,18H2;/q+1;-1. The van der Waals surface area contributed by atoms with E-state index in [0.29, 0.717) is 6.54 Å². The molecule has 1 heterocycles. The fraction of sp³-hybridized carbons (Fsp3) is 0.0400. The van der Waals surface area contributed by atoms with Crippen molar-refractivity contribution in [3.05, 3.63) is 236 Å². The molecule has 0 amide bonds. The van der Waals surface area contributed by atoms with Crippen LogP contribution in [0.4, 0.5) is 87.8 Å². The van der Waals surface area contributed by atoms with E-state index < -0.39 is 144 Å². The Morgan fingerprint density at radius 3 is 1.15 bits per heavy atom. The zero-order valence-electron chi connectivity index (χ0n) is 35.6. The average molecular weight is 1040 g/mol. The second-order valence-corrected chi connectivity index (χ2v) is 16.0. The number of halogens is 20. The van der Waals surface area contributed by atoms with E-state index in [0.717, 1.165) is 5.56 Å². The van der Waals surface area contributed by atoms with Crippen LogP contribution in [0.1, 0.15) is 33.1 Å². The predicted molar refractivity (Wildman–Crippen MR) is 221 cm³/mol. The van der Waals surface area contributed by atoms with Gasteiger partial charge in [0, 0.05) is 11.6 Å². The molecule has 2 nitrogen and oxygen atoms in total. The molecule has 0 bridgehead atoms. The topological polar surface area (TPSA) is 20.9 Å². The number of ketones is 1. The number of hydrogen-bond acceptors (Lipinski definition) is 1. The van der Waals surface area contributed by atoms with Gasteiger partial charge in [0.1, 0.15) is 52.7 Å². The molecule has 1 unspecified atom stereocenters. The Morgan fingerprint density at radius 1 is 0.397 bits per heavy atom. The number of hydrogen-bond donors (Lipinski definition) is 0. The van der Waals surface area contributed by atoms with Crippen LogP contribution in [-0.4, -0.2) is 11.9 Å². The highest BCUT2D eigenvalue weighted by Gasteiger charge is 2.52. The summed E-state index contributed by atoms with van der Waals surface area (Å²) in [5.74, 6) is -71.1. The smallest absolute Gasteiger partial charge is 0.227 e. The minimum absolute atomic E-state index is 0.123. The highest BCUT2D eigenvalue weighted by atomic mass is 19.2. The number of carbonyl (C=O) groups is 1. The number of allylic oxidation sites excluding steroid dienone is 1. The lowest BCUT2D eigenvalue weighted by Gasteiger charge is -2.44. The number of carbonyl (C=O) groups excluding carboxylic acids is 1. The maximum Gasteiger partial charge on any atom is 0.227 e. The zero-order chi connectivity index (χ0) is 53.3. The summed E-state index contributed by atoms with van der Waals surface area (Å²) in [6.07, 6.45) is -0.737. The van der Waals surface area contributed by atoms with Crippen LogP contribution >= 0.6 is 0 Å². The van der Waals surface area contributed by atoms with Gasteiger partial charge in [0.2, 0.25) is 18.0 Å². The van der Waals surface area contributed by atoms with Gasteiger partial charge in [-0.1, -0.05) is 84.9 Å². The van der Waals surface area contributed by atoms with Crippen LogP contribution in [0, 0.1) is 116 Å². The molecule has 374 valence electrons. The molecule has 0 spiro atoms. The van der Waals surface area contributed by atoms with Crippen LogP contribution < -0.4 is 26.4 Å². The zero-order valence-corrected chi connectivity index (χ0v) is 35.6. The Morgan fingerprint density at radius 2 is 0.740 bits per heavy atom. The van der Waals surface area contributed by atoms with Crippen molar-refractivity contribution in [1.29, 1.82) is 0 Å². The Kier molecular flexibility index (Phi) is 13.5. The Hall–Kier alpha value is -7.98. The summed E-state index contributed by atoms with van der Waals surface area (Å²) < 4.78 is 296. The van der Waals surface area contributed by atoms with E-state index in [2.05, 4.69) is 71.3 Å². The first-order valence-electron chi connectivity index (χ1n) is 20.5. The maximum atomic E-state index is 15.4. The van der Waals surface area contributed by atoms with E-state index in [1.807, 2.05) is 36.5 Å². The van der Waals surface area contributed by atoms with E-state index in [4.69, 9.17) is 0 Å². The molecule has 1 aliphatic rings. The van der Waals surface area contributed by atoms with E-state index in [1.165, 1.54) is 27.6 Å². The Bertz CT molecular complexity index is 3260. The number of fused-ring (bicyclic) bond motifs is 2. The summed E-state index contributed by atoms with van der Waals surface area (Å²) in [5, 5.41) is 2.39. The molecule has 0 aliphatic heterocycles. The number of aromatic nitrogens is 1. The van der Waals surface area contributed by atoms with Crippen molar-refractivity contribution in [2.75, 3.05) is 0 Å². The van der Waals surface area contributed by atoms with E-state index >= 15 is 35.1 Å². The maximum absolute atomic E-state index is 15.4. The van der Waals surface area contributed by atoms with Gasteiger partial charge in [0.05, 0.1) is 11.3 Å². The van der Waals surface area contributed by atoms with E-state index in [9.17, 15) is 57.5 Å². The molecule has 0 N–H and O–H groups in total. The van der Waals surface area contributed by atoms with Crippen molar-refractivity contribution in [1.82, 2.24) is 0 Å². The quantitative estimate of drug-likeness (QED) is 0.0371. The molecule has 23 heteroatoms. The average Bonchev–Trinajstić information content (AvgIpc) is 3.82. The second kappa shape index (κ2) is 19.2. The minimum Gasteiger partial charge on any atom is -0.287 e. The number of rotatable bonds is 8. The van der Waals surface area contributed by atoms with Crippen molar-refractivity contribution in [3.8, 4) is 0 Å². The highest BCUT2D eigenvalue weighted by molar-refractivity contribution is 7.20. The van der Waals surface area contributed by atoms with Crippen molar-refractivity contribution >= 4 is 50.6 Å². The first kappa shape index (κ1) is 51.4. The van der Waals surface area contributed by atoms with Gasteiger partial charge in [-0.05, 0) is 22.6 Å². The Labute approximate surface area is 395 Å². The van der Waals surface area contributed by atoms with Crippen molar-refractivity contribution in [2.45, 2.75) is 12.5 Å². The summed E-state index contributed by atoms with van der Waals surface area (Å²) in [4.78, 5) is 12.9. The van der Waals surface area contributed by atoms with E-state index in [-0.39, 0.29) is 11.7 Å². The first-order valence-corrected chi connectivity index (χ1v) is 20.5. The Balaban J connectivity index is 0.000000216. The lowest BCUT2D eigenvalue weighted by molar-refractivity contribution is -0.689. The number of benzene rings is 7. The summed E-state index contributed by atoms with van der Waals surface area (Å²) in [6, 6.07) is 28.5. The molecular weight excluding hydrogens is 1020 g/mol. The van der Waals surface area contributed by atoms with Crippen molar-refractivity contribution in [2.24, 2.45) is 0 Å². The third-order valence-corrected chi connectivity index (χ3v) is 12.2. The lowest BCUT2D eigenvalue weighted by atomic mass is 9.12. The molecule has 73 heavy (non-hydrogen) atoms. The van der Waals surface area contributed by atoms with Crippen LogP contribution in [-0.2, 0) is 6.54 Å². The van der Waals surface area contributed by atoms with Crippen LogP contribution in [0.5, 0.6) is 0 Å². The van der Waals surface area contributed by atoms with Gasteiger partial charge >= 0.3 is 0 Å². The van der Waals surface area contributed by atoms with Gasteiger partial charge in [0.15, 0.2) is 76.0 Å². The molecule has 9 rings (SSSR count). The molecule has 7 aromatic carbocycles. The van der Waals surface area contributed by atoms with Crippen LogP contribution in [0.25, 0.3) is 16.8 Å². The third kappa shape index (κ3) is 7.95. The summed E-state index contributed by atoms with van der Waals surface area (Å²) in [6.45, 7) is 0.330. The normalized spacial score (nSPS) is 13.1. The van der Waals surface area contributed by atoms with Crippen LogP contribution in [0.3, 0.4) is 0 Å². The van der Waals surface area contributed by atoms with Gasteiger partial charge < -0.3 is 0 Å². The van der Waals surface area contributed by atoms with Gasteiger partial charge in [-0.3, -0.25) is 4.79 Å². The highest BCUT2D eigenvalue weighted by Crippen LogP contribution is 2.37. The van der Waals surface area contributed by atoms with Gasteiger partial charge in [-0.15, -0.1) is 21.9 Å². The minimum atomic E-state index is -7.22. The summed E-state index contributed by atoms with van der Waals surface area (Å²) in [5.41, 5.74) is -9.87.